The lowest BCUT2D eigenvalue weighted by Gasteiger charge is -2.25. The number of anilines is 1. The first-order chi connectivity index (χ1) is 15.4. The summed E-state index contributed by atoms with van der Waals surface area (Å²) in [7, 11) is -3.50. The molecular weight excluding hydrogens is 448 g/mol. The predicted octanol–water partition coefficient (Wildman–Crippen LogP) is 4.10. The Morgan fingerprint density at radius 1 is 1.09 bits per heavy atom. The second-order valence-corrected chi connectivity index (χ2v) is 10.4. The Kier molecular flexibility index (Phi) is 6.92. The number of hydrogen-bond acceptors (Lipinski definition) is 7. The molecule has 0 spiro atoms. The highest BCUT2D eigenvalue weighted by Crippen LogP contribution is 2.27. The van der Waals surface area contributed by atoms with Crippen LogP contribution < -0.4 is 5.32 Å². The maximum absolute atomic E-state index is 12.9. The lowest BCUT2D eigenvalue weighted by molar-refractivity contribution is 0.102. The van der Waals surface area contributed by atoms with Crippen molar-refractivity contribution in [2.45, 2.75) is 41.7 Å². The third-order valence-electron chi connectivity index (χ3n) is 5.12. The van der Waals surface area contributed by atoms with Crippen LogP contribution in [-0.4, -0.2) is 41.9 Å². The van der Waals surface area contributed by atoms with E-state index in [9.17, 15) is 13.2 Å². The van der Waals surface area contributed by atoms with E-state index in [1.165, 1.54) is 28.2 Å². The van der Waals surface area contributed by atoms with Gasteiger partial charge in [0.05, 0.1) is 16.2 Å². The molecule has 0 saturated carbocycles. The smallest absolute Gasteiger partial charge is 0.256 e. The second kappa shape index (κ2) is 9.85. The van der Waals surface area contributed by atoms with Crippen molar-refractivity contribution in [1.29, 1.82) is 0 Å². The van der Waals surface area contributed by atoms with Crippen molar-refractivity contribution in [1.82, 2.24) is 14.4 Å². The third kappa shape index (κ3) is 5.20. The highest BCUT2D eigenvalue weighted by atomic mass is 32.2. The van der Waals surface area contributed by atoms with E-state index in [1.807, 2.05) is 12.1 Å². The van der Waals surface area contributed by atoms with Crippen LogP contribution in [0.5, 0.6) is 0 Å². The SMILES string of the molecule is Cc1noc(CSc2ccccc2C(=O)Nc2ccc(S(=O)(=O)N3CCCCC3)cc2)n1. The van der Waals surface area contributed by atoms with E-state index in [4.69, 9.17) is 4.52 Å². The summed E-state index contributed by atoms with van der Waals surface area (Å²) in [6.45, 7) is 2.86. The van der Waals surface area contributed by atoms with E-state index in [0.717, 1.165) is 24.2 Å². The van der Waals surface area contributed by atoms with E-state index < -0.39 is 10.0 Å². The minimum atomic E-state index is -3.50. The Balaban J connectivity index is 1.44. The van der Waals surface area contributed by atoms with Crippen molar-refractivity contribution in [2.75, 3.05) is 18.4 Å². The zero-order valence-corrected chi connectivity index (χ0v) is 19.3. The molecule has 0 atom stereocenters. The van der Waals surface area contributed by atoms with Crippen LogP contribution in [0.4, 0.5) is 5.69 Å². The van der Waals surface area contributed by atoms with Crippen LogP contribution in [0.1, 0.15) is 41.3 Å². The second-order valence-electron chi connectivity index (χ2n) is 7.46. The Bertz CT molecular complexity index is 1190. The van der Waals surface area contributed by atoms with Crippen LogP contribution in [0.3, 0.4) is 0 Å². The molecule has 1 aliphatic rings. The van der Waals surface area contributed by atoms with E-state index in [0.29, 0.717) is 41.8 Å². The summed E-state index contributed by atoms with van der Waals surface area (Å²) < 4.78 is 32.3. The van der Waals surface area contributed by atoms with Gasteiger partial charge in [0.15, 0.2) is 5.82 Å². The first-order valence-electron chi connectivity index (χ1n) is 10.4. The van der Waals surface area contributed by atoms with Gasteiger partial charge in [0.25, 0.3) is 5.91 Å². The molecule has 168 valence electrons. The van der Waals surface area contributed by atoms with Crippen molar-refractivity contribution >= 4 is 33.4 Å². The average Bonchev–Trinajstić information content (AvgIpc) is 3.24. The number of carbonyl (C=O) groups excluding carboxylic acids is 1. The van der Waals surface area contributed by atoms with Crippen molar-refractivity contribution in [3.05, 3.63) is 65.8 Å². The van der Waals surface area contributed by atoms with Gasteiger partial charge in [-0.1, -0.05) is 23.7 Å². The van der Waals surface area contributed by atoms with E-state index in [1.54, 1.807) is 31.2 Å². The molecule has 2 heterocycles. The Hall–Kier alpha value is -2.69. The molecular formula is C22H24N4O4S2. The van der Waals surface area contributed by atoms with Crippen LogP contribution in [0.15, 0.2) is 62.8 Å². The van der Waals surface area contributed by atoms with Crippen LogP contribution in [0, 0.1) is 6.92 Å². The number of thioether (sulfide) groups is 1. The number of piperidine rings is 1. The Morgan fingerprint density at radius 3 is 2.50 bits per heavy atom. The van der Waals surface area contributed by atoms with Gasteiger partial charge in [0.1, 0.15) is 0 Å². The number of nitrogens with one attached hydrogen (secondary N) is 1. The fourth-order valence-electron chi connectivity index (χ4n) is 3.48. The molecule has 8 nitrogen and oxygen atoms in total. The van der Waals surface area contributed by atoms with Gasteiger partial charge >= 0.3 is 0 Å². The maximum Gasteiger partial charge on any atom is 0.256 e. The van der Waals surface area contributed by atoms with Gasteiger partial charge in [-0.2, -0.15) is 9.29 Å². The molecule has 0 unspecified atom stereocenters. The number of hydrogen-bond donors (Lipinski definition) is 1. The molecule has 1 aliphatic heterocycles. The number of benzene rings is 2. The maximum atomic E-state index is 12.9. The topological polar surface area (TPSA) is 105 Å². The summed E-state index contributed by atoms with van der Waals surface area (Å²) in [4.78, 5) is 18.1. The largest absolute Gasteiger partial charge is 0.338 e. The monoisotopic (exact) mass is 472 g/mol. The number of nitrogens with zero attached hydrogens (tertiary/aromatic N) is 3. The van der Waals surface area contributed by atoms with Crippen LogP contribution >= 0.6 is 11.8 Å². The van der Waals surface area contributed by atoms with E-state index in [-0.39, 0.29) is 10.8 Å². The highest BCUT2D eigenvalue weighted by Gasteiger charge is 2.25. The molecule has 1 saturated heterocycles. The summed E-state index contributed by atoms with van der Waals surface area (Å²) in [5.41, 5.74) is 1.04. The molecule has 1 aromatic heterocycles. The summed E-state index contributed by atoms with van der Waals surface area (Å²) in [6.07, 6.45) is 2.83. The van der Waals surface area contributed by atoms with E-state index in [2.05, 4.69) is 15.5 Å². The van der Waals surface area contributed by atoms with Crippen molar-refractivity contribution in [3.8, 4) is 0 Å². The van der Waals surface area contributed by atoms with Gasteiger partial charge < -0.3 is 9.84 Å². The summed E-state index contributed by atoms with van der Waals surface area (Å²) in [5, 5.41) is 6.62. The quantitative estimate of drug-likeness (QED) is 0.516. The molecule has 4 rings (SSSR count). The minimum absolute atomic E-state index is 0.239. The van der Waals surface area contributed by atoms with E-state index >= 15 is 0 Å². The van der Waals surface area contributed by atoms with Gasteiger partial charge in [0.2, 0.25) is 15.9 Å². The predicted molar refractivity (Wildman–Crippen MR) is 122 cm³/mol. The minimum Gasteiger partial charge on any atom is -0.338 e. The Labute approximate surface area is 191 Å². The zero-order chi connectivity index (χ0) is 22.6. The standard InChI is InChI=1S/C22H24N4O4S2/c1-16-23-21(30-25-16)15-31-20-8-4-3-7-19(20)22(27)24-17-9-11-18(12-10-17)32(28,29)26-13-5-2-6-14-26/h3-4,7-12H,2,5-6,13-15H2,1H3,(H,24,27). The molecule has 1 amide bonds. The molecule has 32 heavy (non-hydrogen) atoms. The molecule has 10 heteroatoms. The summed E-state index contributed by atoms with van der Waals surface area (Å²) >= 11 is 1.43. The van der Waals surface area contributed by atoms with Gasteiger partial charge in [-0.05, 0) is 56.2 Å². The van der Waals surface area contributed by atoms with Gasteiger partial charge in [0, 0.05) is 23.7 Å². The molecule has 1 N–H and O–H groups in total. The van der Waals surface area contributed by atoms with Gasteiger partial charge in [-0.3, -0.25) is 4.79 Å². The number of amides is 1. The zero-order valence-electron chi connectivity index (χ0n) is 17.7. The van der Waals surface area contributed by atoms with Gasteiger partial charge in [-0.15, -0.1) is 11.8 Å². The third-order valence-corrected chi connectivity index (χ3v) is 8.09. The normalized spacial score (nSPS) is 14.9. The molecule has 0 radical (unpaired) electrons. The number of rotatable bonds is 7. The number of sulfonamides is 1. The summed E-state index contributed by atoms with van der Waals surface area (Å²) in [5.74, 6) is 1.24. The lowest BCUT2D eigenvalue weighted by Crippen LogP contribution is -2.35. The van der Waals surface area contributed by atoms with Crippen LogP contribution in [0.2, 0.25) is 0 Å². The highest BCUT2D eigenvalue weighted by molar-refractivity contribution is 7.98. The molecule has 1 fully saturated rings. The number of carbonyl (C=O) groups is 1. The van der Waals surface area contributed by atoms with Crippen molar-refractivity contribution in [2.24, 2.45) is 0 Å². The molecule has 3 aromatic rings. The molecule has 0 bridgehead atoms. The average molecular weight is 473 g/mol. The van der Waals surface area contributed by atoms with Crippen molar-refractivity contribution < 1.29 is 17.7 Å². The van der Waals surface area contributed by atoms with Crippen molar-refractivity contribution in [3.63, 3.8) is 0 Å². The Morgan fingerprint density at radius 2 is 1.81 bits per heavy atom. The van der Waals surface area contributed by atoms with Crippen LogP contribution in [-0.2, 0) is 15.8 Å². The lowest BCUT2D eigenvalue weighted by atomic mass is 10.2. The fourth-order valence-corrected chi connectivity index (χ4v) is 5.89. The van der Waals surface area contributed by atoms with Gasteiger partial charge in [-0.25, -0.2) is 8.42 Å². The number of aryl methyl sites for hydroxylation is 1. The first kappa shape index (κ1) is 22.5. The molecule has 2 aromatic carbocycles. The number of aromatic nitrogens is 2. The van der Waals surface area contributed by atoms with Crippen LogP contribution in [0.25, 0.3) is 0 Å². The summed E-state index contributed by atoms with van der Waals surface area (Å²) in [6, 6.07) is 13.6. The fraction of sp³-hybridized carbons (Fsp3) is 0.318. The molecule has 0 aliphatic carbocycles. The first-order valence-corrected chi connectivity index (χ1v) is 12.8.